The van der Waals surface area contributed by atoms with Crippen LogP contribution in [0.5, 0.6) is 0 Å². The molecule has 1 amide bonds. The normalized spacial score (nSPS) is 12.3. The maximum atomic E-state index is 12.8. The molecule has 1 aromatic rings. The summed E-state index contributed by atoms with van der Waals surface area (Å²) >= 11 is 0. The molecule has 0 atom stereocenters. The van der Waals surface area contributed by atoms with E-state index >= 15 is 0 Å². The summed E-state index contributed by atoms with van der Waals surface area (Å²) in [6.07, 6.45) is 1.41. The number of hydrogen-bond acceptors (Lipinski definition) is 4. The van der Waals surface area contributed by atoms with Crippen LogP contribution in [0.4, 0.5) is 4.39 Å². The van der Waals surface area contributed by atoms with Crippen LogP contribution in [0.25, 0.3) is 6.08 Å². The van der Waals surface area contributed by atoms with Crippen molar-refractivity contribution in [2.75, 3.05) is 14.2 Å². The van der Waals surface area contributed by atoms with Crippen molar-refractivity contribution in [2.45, 2.75) is 6.92 Å². The molecule has 1 N–H and O–H groups in total. The highest BCUT2D eigenvalue weighted by atomic mass is 31.2. The molecule has 0 aliphatic carbocycles. The van der Waals surface area contributed by atoms with Crippen LogP contribution in [0.2, 0.25) is 0 Å². The van der Waals surface area contributed by atoms with Gasteiger partial charge in [-0.15, -0.1) is 0 Å². The van der Waals surface area contributed by atoms with Crippen molar-refractivity contribution >= 4 is 19.6 Å². The minimum Gasteiger partial charge on any atom is -0.320 e. The highest BCUT2D eigenvalue weighted by Gasteiger charge is 2.28. The van der Waals surface area contributed by atoms with Gasteiger partial charge in [0.1, 0.15) is 11.3 Å². The second-order valence-electron chi connectivity index (χ2n) is 3.62. The number of carbonyl (C=O) groups excluding carboxylic acids is 1. The van der Waals surface area contributed by atoms with Crippen LogP contribution < -0.4 is 5.32 Å². The van der Waals surface area contributed by atoms with Crippen molar-refractivity contribution in [1.82, 2.24) is 5.32 Å². The number of halogens is 1. The number of rotatable bonds is 5. The van der Waals surface area contributed by atoms with E-state index in [1.54, 1.807) is 0 Å². The minimum atomic E-state index is -3.59. The Kier molecular flexibility index (Phi) is 5.42. The largest absolute Gasteiger partial charge is 0.376 e. The Morgan fingerprint density at radius 3 is 2.21 bits per heavy atom. The smallest absolute Gasteiger partial charge is 0.320 e. The lowest BCUT2D eigenvalue weighted by Gasteiger charge is -2.17. The van der Waals surface area contributed by atoms with Crippen molar-refractivity contribution in [3.05, 3.63) is 41.1 Å². The second kappa shape index (κ2) is 6.61. The van der Waals surface area contributed by atoms with Crippen LogP contribution >= 0.6 is 7.60 Å². The molecule has 0 bridgehead atoms. The molecule has 104 valence electrons. The standard InChI is InChI=1S/C12H15FNO4P/c1-9(15)14-12(19(16,17-2)18-3)8-10-4-6-11(13)7-5-10/h4-8H,1-3H3,(H,14,15)/b12-8-. The van der Waals surface area contributed by atoms with Gasteiger partial charge in [-0.25, -0.2) is 4.39 Å². The summed E-state index contributed by atoms with van der Waals surface area (Å²) in [5.41, 5.74) is 0.552. The number of benzene rings is 1. The van der Waals surface area contributed by atoms with Crippen LogP contribution in [0.15, 0.2) is 29.7 Å². The van der Waals surface area contributed by atoms with Crippen LogP contribution in [0, 0.1) is 5.82 Å². The van der Waals surface area contributed by atoms with Crippen molar-refractivity contribution in [2.24, 2.45) is 0 Å². The molecular weight excluding hydrogens is 272 g/mol. The molecule has 0 spiro atoms. The summed E-state index contributed by atoms with van der Waals surface area (Å²) in [7, 11) is -1.16. The van der Waals surface area contributed by atoms with E-state index in [9.17, 15) is 13.8 Å². The molecule has 1 rings (SSSR count). The van der Waals surface area contributed by atoms with Gasteiger partial charge in [-0.05, 0) is 23.8 Å². The summed E-state index contributed by atoms with van der Waals surface area (Å²) in [6, 6.07) is 5.46. The van der Waals surface area contributed by atoms with Gasteiger partial charge in [-0.3, -0.25) is 9.36 Å². The van der Waals surface area contributed by atoms with Crippen molar-refractivity contribution in [1.29, 1.82) is 0 Å². The Labute approximate surface area is 110 Å². The first kappa shape index (κ1) is 15.6. The van der Waals surface area contributed by atoms with E-state index in [1.165, 1.54) is 51.5 Å². The van der Waals surface area contributed by atoms with E-state index in [0.717, 1.165) is 0 Å². The Morgan fingerprint density at radius 2 is 1.79 bits per heavy atom. The number of nitrogens with one attached hydrogen (secondary N) is 1. The van der Waals surface area contributed by atoms with Crippen molar-refractivity contribution in [3.8, 4) is 0 Å². The molecule has 0 radical (unpaired) electrons. The Morgan fingerprint density at radius 1 is 1.26 bits per heavy atom. The van der Waals surface area contributed by atoms with Crippen LogP contribution in [0.1, 0.15) is 12.5 Å². The minimum absolute atomic E-state index is 0.00314. The summed E-state index contributed by atoms with van der Waals surface area (Å²) in [5.74, 6) is -0.803. The van der Waals surface area contributed by atoms with E-state index in [2.05, 4.69) is 5.32 Å². The maximum absolute atomic E-state index is 12.8. The maximum Gasteiger partial charge on any atom is 0.376 e. The van der Waals surface area contributed by atoms with Crippen LogP contribution in [-0.4, -0.2) is 20.1 Å². The fourth-order valence-electron chi connectivity index (χ4n) is 1.35. The molecule has 0 aromatic heterocycles. The highest BCUT2D eigenvalue weighted by Crippen LogP contribution is 2.53. The van der Waals surface area contributed by atoms with Gasteiger partial charge >= 0.3 is 7.60 Å². The summed E-state index contributed by atoms with van der Waals surface area (Å²) in [4.78, 5) is 11.1. The fraction of sp³-hybridized carbons (Fsp3) is 0.250. The van der Waals surface area contributed by atoms with Crippen LogP contribution in [-0.2, 0) is 18.4 Å². The van der Waals surface area contributed by atoms with Gasteiger partial charge in [0, 0.05) is 21.1 Å². The molecule has 0 saturated heterocycles. The van der Waals surface area contributed by atoms with Gasteiger partial charge in [0.15, 0.2) is 0 Å². The molecule has 19 heavy (non-hydrogen) atoms. The topological polar surface area (TPSA) is 64.6 Å². The lowest BCUT2D eigenvalue weighted by atomic mass is 10.2. The molecular formula is C12H15FNO4P. The fourth-order valence-corrected chi connectivity index (χ4v) is 2.50. The lowest BCUT2D eigenvalue weighted by Crippen LogP contribution is -2.20. The predicted octanol–water partition coefficient (Wildman–Crippen LogP) is 2.75. The summed E-state index contributed by atoms with van der Waals surface area (Å²) < 4.78 is 34.7. The summed E-state index contributed by atoms with van der Waals surface area (Å²) in [5, 5.41) is 2.40. The lowest BCUT2D eigenvalue weighted by molar-refractivity contribution is -0.118. The Hall–Kier alpha value is -1.49. The quantitative estimate of drug-likeness (QED) is 0.846. The van der Waals surface area contributed by atoms with Crippen LogP contribution in [0.3, 0.4) is 0 Å². The molecule has 1 aromatic carbocycles. The van der Waals surface area contributed by atoms with Gasteiger partial charge in [-0.2, -0.15) is 0 Å². The summed E-state index contributed by atoms with van der Waals surface area (Å²) in [6.45, 7) is 1.27. The molecule has 5 nitrogen and oxygen atoms in total. The van der Waals surface area contributed by atoms with E-state index in [0.29, 0.717) is 5.56 Å². The van der Waals surface area contributed by atoms with Gasteiger partial charge in [0.05, 0.1) is 0 Å². The first-order chi connectivity index (χ1) is 8.91. The average molecular weight is 287 g/mol. The SMILES string of the molecule is COP(=O)(OC)/C(=C\c1ccc(F)cc1)NC(C)=O. The predicted molar refractivity (Wildman–Crippen MR) is 69.8 cm³/mol. The number of amides is 1. The second-order valence-corrected chi connectivity index (χ2v) is 5.83. The molecule has 0 heterocycles. The molecule has 0 fully saturated rings. The van der Waals surface area contributed by atoms with Crippen molar-refractivity contribution < 1.29 is 22.8 Å². The zero-order valence-electron chi connectivity index (χ0n) is 10.8. The van der Waals surface area contributed by atoms with E-state index in [4.69, 9.17) is 9.05 Å². The van der Waals surface area contributed by atoms with Gasteiger partial charge in [-0.1, -0.05) is 12.1 Å². The van der Waals surface area contributed by atoms with Gasteiger partial charge in [0.25, 0.3) is 0 Å². The molecule has 7 heteroatoms. The number of carbonyl (C=O) groups is 1. The third-order valence-corrected chi connectivity index (χ3v) is 4.05. The zero-order valence-corrected chi connectivity index (χ0v) is 11.7. The van der Waals surface area contributed by atoms with E-state index in [-0.39, 0.29) is 11.3 Å². The third kappa shape index (κ3) is 4.28. The van der Waals surface area contributed by atoms with Crippen molar-refractivity contribution in [3.63, 3.8) is 0 Å². The molecule has 0 aliphatic rings. The molecule has 0 unspecified atom stereocenters. The Balaban J connectivity index is 3.19. The van der Waals surface area contributed by atoms with E-state index in [1.807, 2.05) is 0 Å². The Bertz CT molecular complexity index is 519. The molecule has 0 saturated carbocycles. The van der Waals surface area contributed by atoms with E-state index < -0.39 is 13.5 Å². The van der Waals surface area contributed by atoms with Gasteiger partial charge < -0.3 is 14.4 Å². The molecule has 0 aliphatic heterocycles. The highest BCUT2D eigenvalue weighted by molar-refractivity contribution is 7.58. The van der Waals surface area contributed by atoms with Gasteiger partial charge in [0.2, 0.25) is 5.91 Å². The number of hydrogen-bond donors (Lipinski definition) is 1. The zero-order chi connectivity index (χ0) is 14.5. The third-order valence-electron chi connectivity index (χ3n) is 2.25. The first-order valence-electron chi connectivity index (χ1n) is 5.38. The first-order valence-corrected chi connectivity index (χ1v) is 6.92. The monoisotopic (exact) mass is 287 g/mol. The average Bonchev–Trinajstić information content (AvgIpc) is 2.39.